The summed E-state index contributed by atoms with van der Waals surface area (Å²) in [4.78, 5) is 16.8. The molecule has 3 aromatic rings. The van der Waals surface area contributed by atoms with Gasteiger partial charge in [0.05, 0.1) is 11.7 Å². The second-order valence-corrected chi connectivity index (χ2v) is 6.49. The van der Waals surface area contributed by atoms with Crippen molar-refractivity contribution in [2.24, 2.45) is 0 Å². The third kappa shape index (κ3) is 2.98. The van der Waals surface area contributed by atoms with Gasteiger partial charge in [0.1, 0.15) is 5.82 Å². The maximum atomic E-state index is 13.2. The lowest BCUT2D eigenvalue weighted by atomic mass is 10.1. The summed E-state index contributed by atoms with van der Waals surface area (Å²) in [7, 11) is 0. The number of halogens is 1. The molecule has 6 heteroatoms. The van der Waals surface area contributed by atoms with E-state index in [1.165, 1.54) is 12.1 Å². The van der Waals surface area contributed by atoms with E-state index in [2.05, 4.69) is 15.4 Å². The third-order valence-electron chi connectivity index (χ3n) is 4.77. The Balaban J connectivity index is 1.64. The number of carbonyl (C=O) groups is 1. The Bertz CT molecular complexity index is 934. The first-order valence-corrected chi connectivity index (χ1v) is 8.71. The minimum Gasteiger partial charge on any atom is -0.344 e. The van der Waals surface area contributed by atoms with Gasteiger partial charge in [0, 0.05) is 23.7 Å². The highest BCUT2D eigenvalue weighted by atomic mass is 19.1. The molecule has 0 bridgehead atoms. The maximum absolute atomic E-state index is 13.2. The van der Waals surface area contributed by atoms with Gasteiger partial charge in [-0.2, -0.15) is 5.10 Å². The van der Waals surface area contributed by atoms with Crippen LogP contribution in [0, 0.1) is 5.82 Å². The van der Waals surface area contributed by atoms with Gasteiger partial charge in [0.25, 0.3) is 5.91 Å². The van der Waals surface area contributed by atoms with Crippen LogP contribution in [0.25, 0.3) is 5.69 Å². The Hall–Kier alpha value is -3.02. The standard InChI is InChI=1S/C20H19FN4O/c1-13(14-9-11-22-12-10-14)23-20(26)19-17-3-2-4-18(17)25(24-19)16-7-5-15(21)6-8-16/h5-13H,2-4H2,1H3,(H,23,26)/t13-/m0/s1. The lowest BCUT2D eigenvalue weighted by Gasteiger charge is -2.13. The second kappa shape index (κ2) is 6.71. The maximum Gasteiger partial charge on any atom is 0.272 e. The van der Waals surface area contributed by atoms with Gasteiger partial charge in [0.15, 0.2) is 5.69 Å². The molecule has 4 rings (SSSR count). The molecule has 1 N–H and O–H groups in total. The molecule has 1 atom stereocenters. The number of benzene rings is 1. The number of nitrogens with zero attached hydrogens (tertiary/aromatic N) is 3. The summed E-state index contributed by atoms with van der Waals surface area (Å²) in [6.45, 7) is 1.93. The van der Waals surface area contributed by atoms with Crippen LogP contribution in [0.1, 0.15) is 46.7 Å². The molecule has 1 aliphatic carbocycles. The molecular weight excluding hydrogens is 331 g/mol. The number of pyridine rings is 1. The molecule has 1 aliphatic rings. The van der Waals surface area contributed by atoms with Crippen LogP contribution in [-0.2, 0) is 12.8 Å². The number of fused-ring (bicyclic) bond motifs is 1. The van der Waals surface area contributed by atoms with Gasteiger partial charge in [-0.1, -0.05) is 0 Å². The van der Waals surface area contributed by atoms with Crippen LogP contribution in [0.5, 0.6) is 0 Å². The summed E-state index contributed by atoms with van der Waals surface area (Å²) in [6.07, 6.45) is 6.11. The van der Waals surface area contributed by atoms with Gasteiger partial charge in [-0.15, -0.1) is 0 Å². The van der Waals surface area contributed by atoms with E-state index >= 15 is 0 Å². The molecule has 0 unspecified atom stereocenters. The SMILES string of the molecule is C[C@H](NC(=O)c1nn(-c2ccc(F)cc2)c2c1CCC2)c1ccncc1. The van der Waals surface area contributed by atoms with Crippen molar-refractivity contribution in [1.29, 1.82) is 0 Å². The fourth-order valence-corrected chi connectivity index (χ4v) is 3.42. The molecule has 1 amide bonds. The fourth-order valence-electron chi connectivity index (χ4n) is 3.42. The van der Waals surface area contributed by atoms with Crippen molar-refractivity contribution in [3.05, 3.63) is 77.1 Å². The van der Waals surface area contributed by atoms with E-state index in [0.29, 0.717) is 5.69 Å². The third-order valence-corrected chi connectivity index (χ3v) is 4.77. The van der Waals surface area contributed by atoms with Crippen LogP contribution in [0.2, 0.25) is 0 Å². The molecule has 0 aliphatic heterocycles. The van der Waals surface area contributed by atoms with Gasteiger partial charge in [-0.05, 0) is 68.1 Å². The average Bonchev–Trinajstić information content (AvgIpc) is 3.26. The Kier molecular flexibility index (Phi) is 4.24. The van der Waals surface area contributed by atoms with E-state index in [9.17, 15) is 9.18 Å². The van der Waals surface area contributed by atoms with Crippen LogP contribution in [0.15, 0.2) is 48.8 Å². The van der Waals surface area contributed by atoms with Crippen LogP contribution < -0.4 is 5.32 Å². The Morgan fingerprint density at radius 1 is 1.15 bits per heavy atom. The largest absolute Gasteiger partial charge is 0.344 e. The summed E-state index contributed by atoms with van der Waals surface area (Å²) in [5, 5.41) is 7.56. The molecule has 26 heavy (non-hydrogen) atoms. The number of carbonyl (C=O) groups excluding carboxylic acids is 1. The van der Waals surface area contributed by atoms with Gasteiger partial charge in [0.2, 0.25) is 0 Å². The minimum absolute atomic E-state index is 0.140. The zero-order chi connectivity index (χ0) is 18.1. The average molecular weight is 350 g/mol. The van der Waals surface area contributed by atoms with Crippen molar-refractivity contribution >= 4 is 5.91 Å². The van der Waals surface area contributed by atoms with E-state index in [1.54, 1.807) is 29.2 Å². The van der Waals surface area contributed by atoms with E-state index in [-0.39, 0.29) is 17.8 Å². The summed E-state index contributed by atoms with van der Waals surface area (Å²) >= 11 is 0. The summed E-state index contributed by atoms with van der Waals surface area (Å²) in [5.74, 6) is -0.477. The normalized spacial score (nSPS) is 14.1. The topological polar surface area (TPSA) is 59.8 Å². The molecular formula is C20H19FN4O. The first kappa shape index (κ1) is 16.4. The van der Waals surface area contributed by atoms with Gasteiger partial charge in [-0.3, -0.25) is 9.78 Å². The van der Waals surface area contributed by atoms with Crippen LogP contribution >= 0.6 is 0 Å². The lowest BCUT2D eigenvalue weighted by molar-refractivity contribution is 0.0933. The highest BCUT2D eigenvalue weighted by Crippen LogP contribution is 2.28. The van der Waals surface area contributed by atoms with E-state index in [4.69, 9.17) is 0 Å². The Labute approximate surface area is 150 Å². The molecule has 0 spiro atoms. The van der Waals surface area contributed by atoms with Gasteiger partial charge >= 0.3 is 0 Å². The fraction of sp³-hybridized carbons (Fsp3) is 0.250. The highest BCUT2D eigenvalue weighted by Gasteiger charge is 2.27. The summed E-state index contributed by atoms with van der Waals surface area (Å²) < 4.78 is 15.0. The number of hydrogen-bond acceptors (Lipinski definition) is 3. The number of hydrogen-bond donors (Lipinski definition) is 1. The number of rotatable bonds is 4. The molecule has 5 nitrogen and oxygen atoms in total. The molecule has 1 aromatic carbocycles. The molecule has 132 valence electrons. The van der Waals surface area contributed by atoms with E-state index < -0.39 is 0 Å². The zero-order valence-electron chi connectivity index (χ0n) is 14.4. The van der Waals surface area contributed by atoms with Crippen molar-refractivity contribution < 1.29 is 9.18 Å². The Morgan fingerprint density at radius 2 is 1.88 bits per heavy atom. The predicted molar refractivity (Wildman–Crippen MR) is 95.7 cm³/mol. The molecule has 2 aromatic heterocycles. The van der Waals surface area contributed by atoms with Crippen LogP contribution in [0.3, 0.4) is 0 Å². The van der Waals surface area contributed by atoms with Crippen molar-refractivity contribution in [1.82, 2.24) is 20.1 Å². The van der Waals surface area contributed by atoms with Gasteiger partial charge in [-0.25, -0.2) is 9.07 Å². The van der Waals surface area contributed by atoms with E-state index in [0.717, 1.165) is 41.8 Å². The molecule has 0 saturated heterocycles. The number of aromatic nitrogens is 3. The van der Waals surface area contributed by atoms with E-state index in [1.807, 2.05) is 19.1 Å². The first-order valence-electron chi connectivity index (χ1n) is 8.71. The van der Waals surface area contributed by atoms with Crippen molar-refractivity contribution in [2.75, 3.05) is 0 Å². The first-order chi connectivity index (χ1) is 12.6. The number of nitrogens with one attached hydrogen (secondary N) is 1. The molecule has 0 radical (unpaired) electrons. The van der Waals surface area contributed by atoms with Crippen LogP contribution in [0.4, 0.5) is 4.39 Å². The van der Waals surface area contributed by atoms with Gasteiger partial charge < -0.3 is 5.32 Å². The summed E-state index contributed by atoms with van der Waals surface area (Å²) in [5.41, 5.74) is 4.25. The minimum atomic E-state index is -0.290. The smallest absolute Gasteiger partial charge is 0.272 e. The molecule has 0 saturated carbocycles. The van der Waals surface area contributed by atoms with Crippen molar-refractivity contribution in [2.45, 2.75) is 32.2 Å². The number of amides is 1. The summed E-state index contributed by atoms with van der Waals surface area (Å²) in [6, 6.07) is 9.80. The molecule has 2 heterocycles. The molecule has 0 fully saturated rings. The second-order valence-electron chi connectivity index (χ2n) is 6.49. The predicted octanol–water partition coefficient (Wildman–Crippen LogP) is 3.39. The highest BCUT2D eigenvalue weighted by molar-refractivity contribution is 5.94. The van der Waals surface area contributed by atoms with Crippen LogP contribution in [-0.4, -0.2) is 20.7 Å². The monoisotopic (exact) mass is 350 g/mol. The Morgan fingerprint density at radius 3 is 2.62 bits per heavy atom. The van der Waals surface area contributed by atoms with Crippen molar-refractivity contribution in [3.63, 3.8) is 0 Å². The quantitative estimate of drug-likeness (QED) is 0.785. The van der Waals surface area contributed by atoms with Crippen molar-refractivity contribution in [3.8, 4) is 5.69 Å². The lowest BCUT2D eigenvalue weighted by Crippen LogP contribution is -2.28. The zero-order valence-corrected chi connectivity index (χ0v) is 14.4.